The van der Waals surface area contributed by atoms with E-state index in [2.05, 4.69) is 10.3 Å². The summed E-state index contributed by atoms with van der Waals surface area (Å²) in [5.74, 6) is 0.217. The van der Waals surface area contributed by atoms with Crippen LogP contribution in [0.3, 0.4) is 0 Å². The third kappa shape index (κ3) is 3.50. The molecule has 1 fully saturated rings. The Balaban J connectivity index is 1.82. The second kappa shape index (κ2) is 6.36. The van der Waals surface area contributed by atoms with Crippen LogP contribution in [0.5, 0.6) is 0 Å². The van der Waals surface area contributed by atoms with Gasteiger partial charge < -0.3 is 9.88 Å². The maximum Gasteiger partial charge on any atom is 0.252 e. The number of carbonyl (C=O) groups excluding carboxylic acids is 1. The van der Waals surface area contributed by atoms with Gasteiger partial charge in [0.1, 0.15) is 0 Å². The Bertz CT molecular complexity index is 778. The summed E-state index contributed by atoms with van der Waals surface area (Å²) in [6, 6.07) is 6.95. The Morgan fingerprint density at radius 1 is 1.39 bits per heavy atom. The van der Waals surface area contributed by atoms with Gasteiger partial charge in [0.25, 0.3) is 11.5 Å². The van der Waals surface area contributed by atoms with Crippen LogP contribution in [0.25, 0.3) is 0 Å². The van der Waals surface area contributed by atoms with E-state index in [4.69, 9.17) is 0 Å². The predicted molar refractivity (Wildman–Crippen MR) is 88.3 cm³/mol. The van der Waals surface area contributed by atoms with E-state index in [-0.39, 0.29) is 17.5 Å². The van der Waals surface area contributed by atoms with Gasteiger partial charge in [0, 0.05) is 30.6 Å². The molecule has 1 unspecified atom stereocenters. The molecular weight excluding hydrogens is 290 g/mol. The molecular formula is C18H21N3O2. The maximum atomic E-state index is 12.5. The Labute approximate surface area is 135 Å². The van der Waals surface area contributed by atoms with Gasteiger partial charge in [0.05, 0.1) is 11.7 Å². The van der Waals surface area contributed by atoms with Crippen LogP contribution in [-0.4, -0.2) is 15.5 Å². The monoisotopic (exact) mass is 311 g/mol. The molecule has 5 nitrogen and oxygen atoms in total. The number of nitrogens with zero attached hydrogens (tertiary/aromatic N) is 2. The van der Waals surface area contributed by atoms with Gasteiger partial charge in [-0.2, -0.15) is 0 Å². The second-order valence-corrected chi connectivity index (χ2v) is 6.09. The minimum Gasteiger partial charge on any atom is -0.343 e. The lowest BCUT2D eigenvalue weighted by Gasteiger charge is -2.18. The fourth-order valence-corrected chi connectivity index (χ4v) is 2.73. The molecule has 0 aromatic carbocycles. The summed E-state index contributed by atoms with van der Waals surface area (Å²) in [4.78, 5) is 28.8. The van der Waals surface area contributed by atoms with E-state index in [1.165, 1.54) is 6.07 Å². The first-order valence-corrected chi connectivity index (χ1v) is 8.02. The van der Waals surface area contributed by atoms with Crippen molar-refractivity contribution in [3.63, 3.8) is 0 Å². The fourth-order valence-electron chi connectivity index (χ4n) is 2.73. The number of hydrogen-bond acceptors (Lipinski definition) is 3. The van der Waals surface area contributed by atoms with Gasteiger partial charge in [-0.3, -0.25) is 14.6 Å². The average Bonchev–Trinajstić information content (AvgIpc) is 3.37. The summed E-state index contributed by atoms with van der Waals surface area (Å²) in [7, 11) is 0. The quantitative estimate of drug-likeness (QED) is 0.922. The highest BCUT2D eigenvalue weighted by Crippen LogP contribution is 2.40. The SMILES string of the molecule is CCn1ccc(C(=O)NC(c2cc(C)ccn2)C2CC2)cc1=O. The standard InChI is InChI=1S/C18H21N3O2/c1-3-21-9-7-14(11-16(21)22)18(23)20-17(13-4-5-13)15-10-12(2)6-8-19-15/h6-11,13,17H,3-5H2,1-2H3,(H,20,23). The van der Waals surface area contributed by atoms with Crippen LogP contribution >= 0.6 is 0 Å². The molecule has 0 aliphatic heterocycles. The zero-order chi connectivity index (χ0) is 16.4. The van der Waals surface area contributed by atoms with Crippen molar-refractivity contribution in [2.24, 2.45) is 5.92 Å². The first-order valence-electron chi connectivity index (χ1n) is 8.02. The molecule has 0 saturated heterocycles. The van der Waals surface area contributed by atoms with Gasteiger partial charge in [-0.15, -0.1) is 0 Å². The first-order chi connectivity index (χ1) is 11.1. The van der Waals surface area contributed by atoms with Crippen molar-refractivity contribution in [1.29, 1.82) is 0 Å². The minimum atomic E-state index is -0.217. The highest BCUT2D eigenvalue weighted by molar-refractivity contribution is 5.94. The molecule has 0 radical (unpaired) electrons. The van der Waals surface area contributed by atoms with Gasteiger partial charge in [-0.25, -0.2) is 0 Å². The Hall–Kier alpha value is -2.43. The van der Waals surface area contributed by atoms with Crippen LogP contribution in [0, 0.1) is 12.8 Å². The molecule has 1 N–H and O–H groups in total. The van der Waals surface area contributed by atoms with Gasteiger partial charge in [0.2, 0.25) is 0 Å². The van der Waals surface area contributed by atoms with E-state index < -0.39 is 0 Å². The molecule has 2 aromatic rings. The summed E-state index contributed by atoms with van der Waals surface area (Å²) in [5.41, 5.74) is 2.26. The van der Waals surface area contributed by atoms with Crippen molar-refractivity contribution in [3.05, 3.63) is 63.8 Å². The Morgan fingerprint density at radius 3 is 2.78 bits per heavy atom. The van der Waals surface area contributed by atoms with Gasteiger partial charge in [-0.05, 0) is 56.4 Å². The van der Waals surface area contributed by atoms with Gasteiger partial charge in [-0.1, -0.05) is 0 Å². The molecule has 1 aliphatic carbocycles. The number of amides is 1. The van der Waals surface area contributed by atoms with Gasteiger partial charge in [0.15, 0.2) is 0 Å². The number of aryl methyl sites for hydroxylation is 2. The minimum absolute atomic E-state index is 0.0870. The number of pyridine rings is 2. The summed E-state index contributed by atoms with van der Waals surface area (Å²) < 4.78 is 1.57. The first kappa shape index (κ1) is 15.5. The van der Waals surface area contributed by atoms with E-state index in [1.807, 2.05) is 26.0 Å². The summed E-state index contributed by atoms with van der Waals surface area (Å²) >= 11 is 0. The molecule has 120 valence electrons. The van der Waals surface area contributed by atoms with Crippen LogP contribution in [0.4, 0.5) is 0 Å². The number of nitrogens with one attached hydrogen (secondary N) is 1. The molecule has 2 heterocycles. The summed E-state index contributed by atoms with van der Waals surface area (Å²) in [5, 5.41) is 3.05. The van der Waals surface area contributed by atoms with Crippen LogP contribution in [0.2, 0.25) is 0 Å². The molecule has 0 spiro atoms. The Kier molecular flexibility index (Phi) is 4.28. The highest BCUT2D eigenvalue weighted by Gasteiger charge is 2.34. The smallest absolute Gasteiger partial charge is 0.252 e. The zero-order valence-corrected chi connectivity index (χ0v) is 13.5. The number of aromatic nitrogens is 2. The average molecular weight is 311 g/mol. The molecule has 1 amide bonds. The van der Waals surface area contributed by atoms with Crippen LogP contribution in [0.1, 0.15) is 47.4 Å². The van der Waals surface area contributed by atoms with Crippen molar-refractivity contribution >= 4 is 5.91 Å². The molecule has 23 heavy (non-hydrogen) atoms. The highest BCUT2D eigenvalue weighted by atomic mass is 16.2. The zero-order valence-electron chi connectivity index (χ0n) is 13.5. The number of hydrogen-bond donors (Lipinski definition) is 1. The summed E-state index contributed by atoms with van der Waals surface area (Å²) in [6.45, 7) is 4.51. The van der Waals surface area contributed by atoms with Crippen molar-refractivity contribution < 1.29 is 4.79 Å². The molecule has 0 bridgehead atoms. The predicted octanol–water partition coefficient (Wildman–Crippen LogP) is 2.45. The van der Waals surface area contributed by atoms with Crippen LogP contribution in [0.15, 0.2) is 41.5 Å². The fraction of sp³-hybridized carbons (Fsp3) is 0.389. The molecule has 5 heteroatoms. The van der Waals surface area contributed by atoms with Crippen molar-refractivity contribution in [2.45, 2.75) is 39.3 Å². The van der Waals surface area contributed by atoms with E-state index in [1.54, 1.807) is 23.0 Å². The largest absolute Gasteiger partial charge is 0.343 e. The molecule has 1 atom stereocenters. The lowest BCUT2D eigenvalue weighted by Crippen LogP contribution is -2.32. The molecule has 2 aromatic heterocycles. The number of rotatable bonds is 5. The second-order valence-electron chi connectivity index (χ2n) is 6.09. The third-order valence-electron chi connectivity index (χ3n) is 4.23. The van der Waals surface area contributed by atoms with Gasteiger partial charge >= 0.3 is 0 Å². The lowest BCUT2D eigenvalue weighted by molar-refractivity contribution is 0.0930. The van der Waals surface area contributed by atoms with Crippen LogP contribution in [-0.2, 0) is 6.54 Å². The topological polar surface area (TPSA) is 64.0 Å². The summed E-state index contributed by atoms with van der Waals surface area (Å²) in [6.07, 6.45) is 5.62. The normalized spacial score (nSPS) is 15.2. The lowest BCUT2D eigenvalue weighted by atomic mass is 10.1. The Morgan fingerprint density at radius 2 is 2.17 bits per heavy atom. The molecule has 1 aliphatic rings. The molecule has 1 saturated carbocycles. The van der Waals surface area contributed by atoms with E-state index >= 15 is 0 Å². The van der Waals surface area contributed by atoms with Crippen molar-refractivity contribution in [2.75, 3.05) is 0 Å². The van der Waals surface area contributed by atoms with E-state index in [0.29, 0.717) is 18.0 Å². The van der Waals surface area contributed by atoms with E-state index in [0.717, 1.165) is 24.1 Å². The van der Waals surface area contributed by atoms with Crippen LogP contribution < -0.4 is 10.9 Å². The number of carbonyl (C=O) groups is 1. The van der Waals surface area contributed by atoms with Crippen molar-refractivity contribution in [1.82, 2.24) is 14.9 Å². The maximum absolute atomic E-state index is 12.5. The van der Waals surface area contributed by atoms with E-state index in [9.17, 15) is 9.59 Å². The van der Waals surface area contributed by atoms with Crippen molar-refractivity contribution in [3.8, 4) is 0 Å². The molecule has 3 rings (SSSR count). The third-order valence-corrected chi connectivity index (χ3v) is 4.23.